The van der Waals surface area contributed by atoms with Crippen molar-refractivity contribution in [2.75, 3.05) is 6.54 Å². The number of rotatable bonds is 0. The van der Waals surface area contributed by atoms with E-state index in [1.54, 1.807) is 0 Å². The maximum atomic E-state index is 4.44. The van der Waals surface area contributed by atoms with Crippen LogP contribution < -0.4 is 5.32 Å². The predicted molar refractivity (Wildman–Crippen MR) is 55.7 cm³/mol. The Balaban J connectivity index is 2.33. The zero-order valence-electron chi connectivity index (χ0n) is 7.66. The van der Waals surface area contributed by atoms with Gasteiger partial charge in [0.15, 0.2) is 0 Å². The fourth-order valence-corrected chi connectivity index (χ4v) is 1.54. The van der Waals surface area contributed by atoms with E-state index in [9.17, 15) is 0 Å². The third-order valence-electron chi connectivity index (χ3n) is 2.25. The third-order valence-corrected chi connectivity index (χ3v) is 2.25. The summed E-state index contributed by atoms with van der Waals surface area (Å²) in [6.45, 7) is 0.892. The van der Waals surface area contributed by atoms with E-state index < -0.39 is 0 Å². The standard InChI is InChI=1S/C11H14N2/c1-2-8-13-11-5-3-7-12-9-6-10(11)4-1/h3,5-6,8-9,12H,1-2,4,7H2/b5-3?,9-6-. The molecule has 2 nitrogen and oxygen atoms in total. The number of hydrogen-bond acceptors (Lipinski definition) is 2. The molecule has 0 saturated heterocycles. The van der Waals surface area contributed by atoms with E-state index in [1.165, 1.54) is 12.0 Å². The molecule has 0 bridgehead atoms. The molecule has 0 radical (unpaired) electrons. The molecule has 1 N–H and O–H groups in total. The van der Waals surface area contributed by atoms with Crippen LogP contribution in [-0.4, -0.2) is 12.8 Å². The van der Waals surface area contributed by atoms with E-state index in [2.05, 4.69) is 28.5 Å². The number of hydrogen-bond donors (Lipinski definition) is 1. The Hall–Kier alpha value is -1.31. The van der Waals surface area contributed by atoms with Gasteiger partial charge in [-0.3, -0.25) is 4.99 Å². The van der Waals surface area contributed by atoms with Crippen LogP contribution in [0.25, 0.3) is 0 Å². The number of nitrogens with one attached hydrogen (secondary N) is 1. The lowest BCUT2D eigenvalue weighted by Gasteiger charge is -2.05. The van der Waals surface area contributed by atoms with Gasteiger partial charge in [-0.15, -0.1) is 0 Å². The number of allylic oxidation sites excluding steroid dienone is 3. The SMILES string of the molecule is C1=CC2=C(/C=C\NC1)CCCC=N2. The Labute approximate surface area is 78.8 Å². The van der Waals surface area contributed by atoms with Gasteiger partial charge in [0.1, 0.15) is 0 Å². The van der Waals surface area contributed by atoms with Crippen molar-refractivity contribution in [3.8, 4) is 0 Å². The van der Waals surface area contributed by atoms with Crippen LogP contribution in [0.15, 0.2) is 40.7 Å². The van der Waals surface area contributed by atoms with Crippen LogP contribution in [0.1, 0.15) is 19.3 Å². The third kappa shape index (κ3) is 2.08. The first-order valence-electron chi connectivity index (χ1n) is 4.79. The van der Waals surface area contributed by atoms with Crippen molar-refractivity contribution in [1.29, 1.82) is 0 Å². The molecule has 13 heavy (non-hydrogen) atoms. The molecule has 0 fully saturated rings. The van der Waals surface area contributed by atoms with Crippen LogP contribution in [-0.2, 0) is 0 Å². The number of nitrogens with zero attached hydrogens (tertiary/aromatic N) is 1. The Bertz CT molecular complexity index is 295. The fourth-order valence-electron chi connectivity index (χ4n) is 1.54. The first-order valence-corrected chi connectivity index (χ1v) is 4.79. The van der Waals surface area contributed by atoms with Gasteiger partial charge >= 0.3 is 0 Å². The minimum absolute atomic E-state index is 0.892. The lowest BCUT2D eigenvalue weighted by atomic mass is 10.1. The highest BCUT2D eigenvalue weighted by atomic mass is 14.8. The van der Waals surface area contributed by atoms with Crippen LogP contribution in [0, 0.1) is 0 Å². The average Bonchev–Trinajstić information content (AvgIpc) is 2.30. The van der Waals surface area contributed by atoms with Gasteiger partial charge in [0, 0.05) is 12.8 Å². The average molecular weight is 174 g/mol. The maximum absolute atomic E-state index is 4.44. The predicted octanol–water partition coefficient (Wildman–Crippen LogP) is 2.17. The highest BCUT2D eigenvalue weighted by Crippen LogP contribution is 2.19. The van der Waals surface area contributed by atoms with Crippen molar-refractivity contribution in [2.24, 2.45) is 4.99 Å². The highest BCUT2D eigenvalue weighted by Gasteiger charge is 2.04. The van der Waals surface area contributed by atoms with Gasteiger partial charge in [-0.25, -0.2) is 0 Å². The summed E-state index contributed by atoms with van der Waals surface area (Å²) in [5, 5.41) is 3.19. The minimum atomic E-state index is 0.892. The van der Waals surface area contributed by atoms with Crippen LogP contribution in [0.4, 0.5) is 0 Å². The molecule has 2 heterocycles. The molecular formula is C11H14N2. The second kappa shape index (κ2) is 4.08. The fraction of sp³-hybridized carbons (Fsp3) is 0.364. The first kappa shape index (κ1) is 8.30. The quantitative estimate of drug-likeness (QED) is 0.598. The summed E-state index contributed by atoms with van der Waals surface area (Å²) in [6.07, 6.45) is 13.8. The second-order valence-corrected chi connectivity index (χ2v) is 3.26. The molecule has 2 heteroatoms. The van der Waals surface area contributed by atoms with E-state index in [0.29, 0.717) is 0 Å². The van der Waals surface area contributed by atoms with Crippen molar-refractivity contribution in [3.63, 3.8) is 0 Å². The van der Waals surface area contributed by atoms with Crippen LogP contribution in [0.2, 0.25) is 0 Å². The molecule has 0 spiro atoms. The van der Waals surface area contributed by atoms with Crippen LogP contribution in [0.3, 0.4) is 0 Å². The van der Waals surface area contributed by atoms with Crippen molar-refractivity contribution in [2.45, 2.75) is 19.3 Å². The molecule has 2 rings (SSSR count). The van der Waals surface area contributed by atoms with Crippen molar-refractivity contribution < 1.29 is 0 Å². The Morgan fingerprint density at radius 1 is 1.31 bits per heavy atom. The smallest absolute Gasteiger partial charge is 0.0655 e. The summed E-state index contributed by atoms with van der Waals surface area (Å²) in [5.41, 5.74) is 2.48. The van der Waals surface area contributed by atoms with Gasteiger partial charge in [0.25, 0.3) is 0 Å². The summed E-state index contributed by atoms with van der Waals surface area (Å²) in [6, 6.07) is 0. The molecule has 0 aromatic rings. The van der Waals surface area contributed by atoms with E-state index in [4.69, 9.17) is 0 Å². The molecule has 0 unspecified atom stereocenters. The zero-order valence-corrected chi connectivity index (χ0v) is 7.66. The Morgan fingerprint density at radius 3 is 3.31 bits per heavy atom. The number of aliphatic imine (C=N–C) groups is 1. The van der Waals surface area contributed by atoms with E-state index in [0.717, 1.165) is 25.1 Å². The van der Waals surface area contributed by atoms with Crippen molar-refractivity contribution >= 4 is 6.21 Å². The summed E-state index contributed by atoms with van der Waals surface area (Å²) in [5.74, 6) is 0. The summed E-state index contributed by atoms with van der Waals surface area (Å²) >= 11 is 0. The highest BCUT2D eigenvalue weighted by molar-refractivity contribution is 5.61. The van der Waals surface area contributed by atoms with Gasteiger partial charge in [0.2, 0.25) is 0 Å². The Kier molecular flexibility index (Phi) is 2.60. The van der Waals surface area contributed by atoms with Crippen molar-refractivity contribution in [3.05, 3.63) is 35.7 Å². The van der Waals surface area contributed by atoms with E-state index in [-0.39, 0.29) is 0 Å². The molecule has 0 aromatic heterocycles. The monoisotopic (exact) mass is 174 g/mol. The van der Waals surface area contributed by atoms with E-state index in [1.807, 2.05) is 12.4 Å². The van der Waals surface area contributed by atoms with Gasteiger partial charge in [0.05, 0.1) is 5.70 Å². The molecule has 0 aliphatic carbocycles. The lowest BCUT2D eigenvalue weighted by molar-refractivity contribution is 0.876. The van der Waals surface area contributed by atoms with Crippen LogP contribution in [0.5, 0.6) is 0 Å². The largest absolute Gasteiger partial charge is 0.387 e. The Morgan fingerprint density at radius 2 is 2.31 bits per heavy atom. The van der Waals surface area contributed by atoms with Gasteiger partial charge in [-0.2, -0.15) is 0 Å². The molecule has 0 amide bonds. The van der Waals surface area contributed by atoms with Crippen molar-refractivity contribution in [1.82, 2.24) is 5.32 Å². The van der Waals surface area contributed by atoms with Crippen LogP contribution >= 0.6 is 0 Å². The molecule has 0 saturated carbocycles. The summed E-state index contributed by atoms with van der Waals surface area (Å²) in [4.78, 5) is 4.44. The topological polar surface area (TPSA) is 24.4 Å². The van der Waals surface area contributed by atoms with Gasteiger partial charge in [-0.1, -0.05) is 6.08 Å². The zero-order chi connectivity index (χ0) is 8.93. The normalized spacial score (nSPS) is 24.0. The molecule has 0 aromatic carbocycles. The minimum Gasteiger partial charge on any atom is -0.387 e. The molecule has 2 aliphatic rings. The molecular weight excluding hydrogens is 160 g/mol. The molecule has 68 valence electrons. The maximum Gasteiger partial charge on any atom is 0.0655 e. The van der Waals surface area contributed by atoms with Gasteiger partial charge < -0.3 is 5.32 Å². The van der Waals surface area contributed by atoms with Gasteiger partial charge in [-0.05, 0) is 43.2 Å². The summed E-state index contributed by atoms with van der Waals surface area (Å²) < 4.78 is 0. The lowest BCUT2D eigenvalue weighted by Crippen LogP contribution is -2.05. The van der Waals surface area contributed by atoms with E-state index >= 15 is 0 Å². The molecule has 0 atom stereocenters. The molecule has 2 aliphatic heterocycles. The summed E-state index contributed by atoms with van der Waals surface area (Å²) in [7, 11) is 0. The second-order valence-electron chi connectivity index (χ2n) is 3.26. The first-order chi connectivity index (χ1) is 6.47.